The smallest absolute Gasteiger partial charge is 0.225 e. The first kappa shape index (κ1) is 12.8. The molecule has 1 N–H and O–H groups in total. The number of rotatable bonds is 3. The Kier molecular flexibility index (Phi) is 4.12. The number of aromatic nitrogens is 2. The van der Waals surface area contributed by atoms with Crippen LogP contribution in [-0.2, 0) is 4.79 Å². The van der Waals surface area contributed by atoms with Gasteiger partial charge in [0.2, 0.25) is 5.91 Å². The van der Waals surface area contributed by atoms with Gasteiger partial charge in [-0.25, -0.2) is 4.98 Å². The van der Waals surface area contributed by atoms with Crippen LogP contribution in [0.1, 0.15) is 26.7 Å². The molecular weight excluding hydrogens is 228 g/mol. The summed E-state index contributed by atoms with van der Waals surface area (Å²) in [4.78, 5) is 22.1. The topological polar surface area (TPSA) is 58.1 Å². The standard InChI is InChI=1S/C13H20N4O/c1-10(2)13(18)17-7-3-4-11(9-17)16-12-8-14-5-6-15-12/h5-6,8,10-11H,3-4,7,9H2,1-2H3,(H,15,16)/t11-/m1/s1. The molecule has 2 heterocycles. The predicted octanol–water partition coefficient (Wildman–Crippen LogP) is 1.54. The maximum absolute atomic E-state index is 12.0. The maximum Gasteiger partial charge on any atom is 0.225 e. The molecule has 98 valence electrons. The summed E-state index contributed by atoms with van der Waals surface area (Å²) in [6.45, 7) is 5.52. The van der Waals surface area contributed by atoms with Crippen molar-refractivity contribution in [2.75, 3.05) is 18.4 Å². The van der Waals surface area contributed by atoms with Gasteiger partial charge in [-0.05, 0) is 12.8 Å². The van der Waals surface area contributed by atoms with Gasteiger partial charge in [0, 0.05) is 37.4 Å². The third kappa shape index (κ3) is 3.18. The molecule has 5 nitrogen and oxygen atoms in total. The van der Waals surface area contributed by atoms with Crippen molar-refractivity contribution in [2.45, 2.75) is 32.7 Å². The third-order valence-corrected chi connectivity index (χ3v) is 3.14. The van der Waals surface area contributed by atoms with Gasteiger partial charge in [0.15, 0.2) is 0 Å². The van der Waals surface area contributed by atoms with Crippen LogP contribution in [0.5, 0.6) is 0 Å². The van der Waals surface area contributed by atoms with Crippen molar-refractivity contribution in [3.8, 4) is 0 Å². The van der Waals surface area contributed by atoms with Crippen molar-refractivity contribution in [3.63, 3.8) is 0 Å². The summed E-state index contributed by atoms with van der Waals surface area (Å²) >= 11 is 0. The number of hydrogen-bond donors (Lipinski definition) is 1. The number of nitrogens with one attached hydrogen (secondary N) is 1. The first-order chi connectivity index (χ1) is 8.66. The lowest BCUT2D eigenvalue weighted by Crippen LogP contribution is -2.46. The summed E-state index contributed by atoms with van der Waals surface area (Å²) < 4.78 is 0. The molecule has 1 saturated heterocycles. The van der Waals surface area contributed by atoms with Gasteiger partial charge >= 0.3 is 0 Å². The molecule has 0 aromatic carbocycles. The van der Waals surface area contributed by atoms with Gasteiger partial charge in [0.1, 0.15) is 5.82 Å². The monoisotopic (exact) mass is 248 g/mol. The number of nitrogens with zero attached hydrogens (tertiary/aromatic N) is 3. The Morgan fingerprint density at radius 3 is 3.00 bits per heavy atom. The van der Waals surface area contributed by atoms with E-state index in [9.17, 15) is 4.79 Å². The molecule has 1 amide bonds. The van der Waals surface area contributed by atoms with Crippen molar-refractivity contribution in [3.05, 3.63) is 18.6 Å². The zero-order valence-corrected chi connectivity index (χ0v) is 11.0. The van der Waals surface area contributed by atoms with Crippen molar-refractivity contribution in [2.24, 2.45) is 5.92 Å². The van der Waals surface area contributed by atoms with Gasteiger partial charge in [-0.2, -0.15) is 0 Å². The van der Waals surface area contributed by atoms with Gasteiger partial charge in [0.25, 0.3) is 0 Å². The minimum Gasteiger partial charge on any atom is -0.364 e. The first-order valence-corrected chi connectivity index (χ1v) is 6.48. The fourth-order valence-electron chi connectivity index (χ4n) is 2.24. The molecule has 0 unspecified atom stereocenters. The van der Waals surface area contributed by atoms with E-state index in [2.05, 4.69) is 15.3 Å². The fourth-order valence-corrected chi connectivity index (χ4v) is 2.24. The van der Waals surface area contributed by atoms with E-state index in [-0.39, 0.29) is 17.9 Å². The number of amides is 1. The van der Waals surface area contributed by atoms with Crippen LogP contribution in [0.2, 0.25) is 0 Å². The van der Waals surface area contributed by atoms with Crippen LogP contribution in [0.3, 0.4) is 0 Å². The van der Waals surface area contributed by atoms with Crippen molar-refractivity contribution < 1.29 is 4.79 Å². The van der Waals surface area contributed by atoms with Crippen molar-refractivity contribution in [1.82, 2.24) is 14.9 Å². The van der Waals surface area contributed by atoms with Crippen LogP contribution in [0.4, 0.5) is 5.82 Å². The lowest BCUT2D eigenvalue weighted by Gasteiger charge is -2.34. The van der Waals surface area contributed by atoms with Crippen LogP contribution < -0.4 is 5.32 Å². The average Bonchev–Trinajstić information content (AvgIpc) is 2.39. The number of carbonyl (C=O) groups is 1. The van der Waals surface area contributed by atoms with Crippen LogP contribution >= 0.6 is 0 Å². The summed E-state index contributed by atoms with van der Waals surface area (Å²) in [6.07, 6.45) is 7.14. The highest BCUT2D eigenvalue weighted by Crippen LogP contribution is 2.16. The molecule has 5 heteroatoms. The molecule has 0 bridgehead atoms. The molecule has 2 rings (SSSR count). The molecule has 0 radical (unpaired) electrons. The van der Waals surface area contributed by atoms with E-state index in [1.165, 1.54) is 0 Å². The second-order valence-corrected chi connectivity index (χ2v) is 5.01. The molecule has 1 aliphatic rings. The van der Waals surface area contributed by atoms with Gasteiger partial charge in [-0.3, -0.25) is 9.78 Å². The summed E-state index contributed by atoms with van der Waals surface area (Å²) in [7, 11) is 0. The summed E-state index contributed by atoms with van der Waals surface area (Å²) in [5, 5.41) is 3.34. The van der Waals surface area contributed by atoms with Crippen LogP contribution in [0, 0.1) is 5.92 Å². The molecular formula is C13H20N4O. The quantitative estimate of drug-likeness (QED) is 0.881. The Morgan fingerprint density at radius 1 is 1.50 bits per heavy atom. The SMILES string of the molecule is CC(C)C(=O)N1CCC[C@@H](Nc2cnccn2)C1. The van der Waals surface area contributed by atoms with E-state index >= 15 is 0 Å². The molecule has 1 fully saturated rings. The third-order valence-electron chi connectivity index (χ3n) is 3.14. The highest BCUT2D eigenvalue weighted by Gasteiger charge is 2.25. The Labute approximate surface area is 108 Å². The van der Waals surface area contributed by atoms with Gasteiger partial charge in [0.05, 0.1) is 6.20 Å². The van der Waals surface area contributed by atoms with E-state index in [0.29, 0.717) is 0 Å². The molecule has 0 aliphatic carbocycles. The normalized spacial score (nSPS) is 19.9. The van der Waals surface area contributed by atoms with E-state index in [4.69, 9.17) is 0 Å². The van der Waals surface area contributed by atoms with Crippen LogP contribution in [0.25, 0.3) is 0 Å². The molecule has 18 heavy (non-hydrogen) atoms. The molecule has 1 atom stereocenters. The van der Waals surface area contributed by atoms with Gasteiger partial charge in [-0.15, -0.1) is 0 Å². The Morgan fingerprint density at radius 2 is 2.33 bits per heavy atom. The largest absolute Gasteiger partial charge is 0.364 e. The average molecular weight is 248 g/mol. The van der Waals surface area contributed by atoms with Crippen molar-refractivity contribution in [1.29, 1.82) is 0 Å². The van der Waals surface area contributed by atoms with Crippen LogP contribution in [-0.4, -0.2) is 39.9 Å². The molecule has 1 aromatic rings. The minimum absolute atomic E-state index is 0.0697. The predicted molar refractivity (Wildman–Crippen MR) is 70.1 cm³/mol. The molecule has 1 aliphatic heterocycles. The maximum atomic E-state index is 12.0. The van der Waals surface area contributed by atoms with E-state index in [1.54, 1.807) is 18.6 Å². The summed E-state index contributed by atoms with van der Waals surface area (Å²) in [5.41, 5.74) is 0. The second kappa shape index (κ2) is 5.80. The van der Waals surface area contributed by atoms with Gasteiger partial charge < -0.3 is 10.2 Å². The number of piperidine rings is 1. The Bertz CT molecular complexity index is 393. The minimum atomic E-state index is 0.0697. The summed E-state index contributed by atoms with van der Waals surface area (Å²) in [5.74, 6) is 1.09. The number of carbonyl (C=O) groups excluding carboxylic acids is 1. The molecule has 0 spiro atoms. The fraction of sp³-hybridized carbons (Fsp3) is 0.615. The first-order valence-electron chi connectivity index (χ1n) is 6.48. The highest BCUT2D eigenvalue weighted by molar-refractivity contribution is 5.78. The number of anilines is 1. The molecule has 0 saturated carbocycles. The lowest BCUT2D eigenvalue weighted by atomic mass is 10.0. The molecule has 1 aromatic heterocycles. The number of likely N-dealkylation sites (tertiary alicyclic amines) is 1. The van der Waals surface area contributed by atoms with E-state index < -0.39 is 0 Å². The van der Waals surface area contributed by atoms with Crippen molar-refractivity contribution >= 4 is 11.7 Å². The van der Waals surface area contributed by atoms with E-state index in [0.717, 1.165) is 31.7 Å². The van der Waals surface area contributed by atoms with Gasteiger partial charge in [-0.1, -0.05) is 13.8 Å². The zero-order chi connectivity index (χ0) is 13.0. The Hall–Kier alpha value is -1.65. The zero-order valence-electron chi connectivity index (χ0n) is 11.0. The summed E-state index contributed by atoms with van der Waals surface area (Å²) in [6, 6.07) is 0.276. The lowest BCUT2D eigenvalue weighted by molar-refractivity contribution is -0.135. The number of hydrogen-bond acceptors (Lipinski definition) is 4. The van der Waals surface area contributed by atoms with Crippen LogP contribution in [0.15, 0.2) is 18.6 Å². The highest BCUT2D eigenvalue weighted by atomic mass is 16.2. The van der Waals surface area contributed by atoms with E-state index in [1.807, 2.05) is 18.7 Å². The second-order valence-electron chi connectivity index (χ2n) is 5.01. The Balaban J connectivity index is 1.93.